The fraction of sp³-hybridized carbons (Fsp3) is 0.400. The summed E-state index contributed by atoms with van der Waals surface area (Å²) in [5.74, 6) is 0.820. The molecule has 1 fully saturated rings. The van der Waals surface area contributed by atoms with Gasteiger partial charge in [-0.25, -0.2) is 0 Å². The van der Waals surface area contributed by atoms with Crippen LogP contribution in [-0.4, -0.2) is 11.5 Å². The lowest BCUT2D eigenvalue weighted by atomic mass is 9.97. The number of nitrogens with one attached hydrogen (secondary N) is 1. The van der Waals surface area contributed by atoms with Crippen LogP contribution in [0.5, 0.6) is 0 Å². The third-order valence-corrected chi connectivity index (χ3v) is 3.57. The first-order valence-corrected chi connectivity index (χ1v) is 6.46. The molecule has 1 N–H and O–H groups in total. The summed E-state index contributed by atoms with van der Waals surface area (Å²) in [5, 5.41) is 6.22. The third-order valence-electron chi connectivity index (χ3n) is 3.57. The minimum absolute atomic E-state index is 0.507. The molecular formula is C15H18N2. The van der Waals surface area contributed by atoms with Crippen molar-refractivity contribution in [1.29, 1.82) is 0 Å². The normalized spacial score (nSPS) is 17.2. The van der Waals surface area contributed by atoms with Crippen LogP contribution in [0.4, 0.5) is 0 Å². The van der Waals surface area contributed by atoms with Gasteiger partial charge in [-0.2, -0.15) is 0 Å². The van der Waals surface area contributed by atoms with Gasteiger partial charge in [0.15, 0.2) is 0 Å². The molecule has 3 rings (SSSR count). The molecule has 0 amide bonds. The number of hydrogen-bond donors (Lipinski definition) is 1. The van der Waals surface area contributed by atoms with E-state index in [4.69, 9.17) is 0 Å². The second-order valence-electron chi connectivity index (χ2n) is 4.82. The Kier molecular flexibility index (Phi) is 2.81. The summed E-state index contributed by atoms with van der Waals surface area (Å²) >= 11 is 0. The van der Waals surface area contributed by atoms with Crippen molar-refractivity contribution in [3.8, 4) is 0 Å². The highest BCUT2D eigenvalue weighted by Crippen LogP contribution is 2.42. The lowest BCUT2D eigenvalue weighted by Crippen LogP contribution is -2.22. The van der Waals surface area contributed by atoms with Gasteiger partial charge in [0, 0.05) is 23.8 Å². The molecule has 88 valence electrons. The largest absolute Gasteiger partial charge is 0.310 e. The van der Waals surface area contributed by atoms with Crippen molar-refractivity contribution >= 4 is 10.8 Å². The molecule has 1 atom stereocenters. The number of benzene rings is 1. The monoisotopic (exact) mass is 226 g/mol. The predicted octanol–water partition coefficient (Wildman–Crippen LogP) is 3.30. The van der Waals surface area contributed by atoms with Crippen molar-refractivity contribution in [1.82, 2.24) is 10.3 Å². The number of aromatic nitrogens is 1. The lowest BCUT2D eigenvalue weighted by Gasteiger charge is -2.19. The van der Waals surface area contributed by atoms with Gasteiger partial charge in [0.05, 0.1) is 0 Å². The van der Waals surface area contributed by atoms with Gasteiger partial charge in [-0.05, 0) is 42.3 Å². The quantitative estimate of drug-likeness (QED) is 0.865. The molecule has 0 bridgehead atoms. The van der Waals surface area contributed by atoms with Gasteiger partial charge in [-0.1, -0.05) is 25.1 Å². The molecule has 2 aromatic rings. The van der Waals surface area contributed by atoms with E-state index >= 15 is 0 Å². The van der Waals surface area contributed by atoms with E-state index in [1.165, 1.54) is 29.2 Å². The Balaban J connectivity index is 2.08. The van der Waals surface area contributed by atoms with E-state index in [1.807, 2.05) is 12.4 Å². The molecule has 1 aliphatic carbocycles. The van der Waals surface area contributed by atoms with Gasteiger partial charge >= 0.3 is 0 Å². The van der Waals surface area contributed by atoms with Crippen molar-refractivity contribution < 1.29 is 0 Å². The van der Waals surface area contributed by atoms with E-state index in [0.717, 1.165) is 12.5 Å². The van der Waals surface area contributed by atoms with Crippen LogP contribution in [-0.2, 0) is 0 Å². The van der Waals surface area contributed by atoms with E-state index in [0.29, 0.717) is 6.04 Å². The minimum atomic E-state index is 0.507. The second-order valence-corrected chi connectivity index (χ2v) is 4.82. The molecule has 0 radical (unpaired) electrons. The maximum Gasteiger partial charge on any atom is 0.0355 e. The van der Waals surface area contributed by atoms with Crippen LogP contribution in [0, 0.1) is 5.92 Å². The fourth-order valence-corrected chi connectivity index (χ4v) is 2.59. The smallest absolute Gasteiger partial charge is 0.0355 e. The van der Waals surface area contributed by atoms with Crippen LogP contribution in [0.2, 0.25) is 0 Å². The number of rotatable bonds is 4. The molecule has 1 saturated carbocycles. The molecular weight excluding hydrogens is 208 g/mol. The maximum atomic E-state index is 4.27. The number of nitrogens with zero attached hydrogens (tertiary/aromatic N) is 1. The molecule has 2 nitrogen and oxygen atoms in total. The van der Waals surface area contributed by atoms with Crippen LogP contribution in [0.3, 0.4) is 0 Å². The summed E-state index contributed by atoms with van der Waals surface area (Å²) in [7, 11) is 0. The van der Waals surface area contributed by atoms with Gasteiger partial charge in [-0.15, -0.1) is 0 Å². The zero-order valence-corrected chi connectivity index (χ0v) is 10.2. The number of fused-ring (bicyclic) bond motifs is 1. The highest BCUT2D eigenvalue weighted by atomic mass is 14.9. The zero-order chi connectivity index (χ0) is 11.7. The molecule has 0 saturated heterocycles. The van der Waals surface area contributed by atoms with Crippen LogP contribution in [0.25, 0.3) is 10.8 Å². The van der Waals surface area contributed by atoms with Crippen LogP contribution >= 0.6 is 0 Å². The Labute approximate surface area is 102 Å². The van der Waals surface area contributed by atoms with E-state index in [1.54, 1.807) is 0 Å². The molecule has 1 heterocycles. The Morgan fingerprint density at radius 2 is 2.24 bits per heavy atom. The Morgan fingerprint density at radius 3 is 3.00 bits per heavy atom. The average molecular weight is 226 g/mol. The maximum absolute atomic E-state index is 4.27. The topological polar surface area (TPSA) is 24.9 Å². The predicted molar refractivity (Wildman–Crippen MR) is 70.9 cm³/mol. The highest BCUT2D eigenvalue weighted by molar-refractivity contribution is 5.85. The van der Waals surface area contributed by atoms with E-state index < -0.39 is 0 Å². The van der Waals surface area contributed by atoms with Crippen molar-refractivity contribution in [2.24, 2.45) is 5.92 Å². The van der Waals surface area contributed by atoms with E-state index in [-0.39, 0.29) is 0 Å². The highest BCUT2D eigenvalue weighted by Gasteiger charge is 2.32. The molecule has 1 unspecified atom stereocenters. The molecule has 1 aliphatic rings. The summed E-state index contributed by atoms with van der Waals surface area (Å²) in [4.78, 5) is 4.27. The first-order chi connectivity index (χ1) is 8.40. The zero-order valence-electron chi connectivity index (χ0n) is 10.2. The van der Waals surface area contributed by atoms with Crippen molar-refractivity contribution in [2.75, 3.05) is 6.54 Å². The summed E-state index contributed by atoms with van der Waals surface area (Å²) in [6.07, 6.45) is 6.57. The summed E-state index contributed by atoms with van der Waals surface area (Å²) in [6, 6.07) is 9.17. The van der Waals surface area contributed by atoms with E-state index in [9.17, 15) is 0 Å². The van der Waals surface area contributed by atoms with Crippen LogP contribution in [0.1, 0.15) is 31.4 Å². The first-order valence-electron chi connectivity index (χ1n) is 6.46. The molecule has 2 heteroatoms. The second kappa shape index (κ2) is 4.46. The Bertz CT molecular complexity index is 512. The SMILES string of the molecule is CCNC(c1cccc2ccncc12)C1CC1. The molecule has 1 aromatic heterocycles. The molecule has 17 heavy (non-hydrogen) atoms. The summed E-state index contributed by atoms with van der Waals surface area (Å²) in [6.45, 7) is 3.20. The molecule has 0 spiro atoms. The number of hydrogen-bond acceptors (Lipinski definition) is 2. The first kappa shape index (κ1) is 10.7. The summed E-state index contributed by atoms with van der Waals surface area (Å²) in [5.41, 5.74) is 1.42. The van der Waals surface area contributed by atoms with E-state index in [2.05, 4.69) is 41.5 Å². The Morgan fingerprint density at radius 1 is 1.35 bits per heavy atom. The summed E-state index contributed by atoms with van der Waals surface area (Å²) < 4.78 is 0. The Hall–Kier alpha value is -1.41. The van der Waals surface area contributed by atoms with Crippen molar-refractivity contribution in [3.63, 3.8) is 0 Å². The molecule has 0 aliphatic heterocycles. The van der Waals surface area contributed by atoms with Crippen LogP contribution < -0.4 is 5.32 Å². The molecule has 1 aromatic carbocycles. The van der Waals surface area contributed by atoms with Crippen molar-refractivity contribution in [3.05, 3.63) is 42.2 Å². The fourth-order valence-electron chi connectivity index (χ4n) is 2.59. The van der Waals surface area contributed by atoms with Gasteiger partial charge < -0.3 is 5.32 Å². The van der Waals surface area contributed by atoms with Gasteiger partial charge in [-0.3, -0.25) is 4.98 Å². The standard InChI is InChI=1S/C15H18N2/c1-2-17-15(12-6-7-12)13-5-3-4-11-8-9-16-10-14(11)13/h3-5,8-10,12,15,17H,2,6-7H2,1H3. The average Bonchev–Trinajstić information content (AvgIpc) is 3.20. The van der Waals surface area contributed by atoms with Gasteiger partial charge in [0.1, 0.15) is 0 Å². The van der Waals surface area contributed by atoms with Gasteiger partial charge in [0.2, 0.25) is 0 Å². The number of pyridine rings is 1. The van der Waals surface area contributed by atoms with Crippen molar-refractivity contribution in [2.45, 2.75) is 25.8 Å². The lowest BCUT2D eigenvalue weighted by molar-refractivity contribution is 0.499. The third kappa shape index (κ3) is 2.05. The van der Waals surface area contributed by atoms with Gasteiger partial charge in [0.25, 0.3) is 0 Å². The minimum Gasteiger partial charge on any atom is -0.310 e. The van der Waals surface area contributed by atoms with Crippen LogP contribution in [0.15, 0.2) is 36.7 Å².